The van der Waals surface area contributed by atoms with Gasteiger partial charge >= 0.3 is 0 Å². The van der Waals surface area contributed by atoms with Gasteiger partial charge in [0.15, 0.2) is 5.78 Å². The fraction of sp³-hybridized carbons (Fsp3) is 0.417. The number of hydrogen-bond donors (Lipinski definition) is 1. The molecule has 0 aliphatic carbocycles. The molecule has 1 fully saturated rings. The van der Waals surface area contributed by atoms with E-state index < -0.39 is 23.0 Å². The number of piperazine rings is 1. The third kappa shape index (κ3) is 2.87. The van der Waals surface area contributed by atoms with Crippen molar-refractivity contribution in [2.45, 2.75) is 0 Å². The van der Waals surface area contributed by atoms with Gasteiger partial charge in [0, 0.05) is 26.2 Å². The molecule has 1 aromatic carbocycles. The number of Topliss-reactive ketones (excluding diaryl/α,β-unsaturated/α-hetero) is 1. The standard InChI is InChI=1S/C12H14F2N2O/c13-9-2-1-3-10(14)12(9)11(17)8-16-6-4-15-5-7-16/h1-3,15H,4-8H2. The number of benzene rings is 1. The van der Waals surface area contributed by atoms with E-state index in [2.05, 4.69) is 5.32 Å². The van der Waals surface area contributed by atoms with E-state index in [1.807, 2.05) is 4.90 Å². The lowest BCUT2D eigenvalue weighted by Gasteiger charge is -2.26. The number of nitrogens with zero attached hydrogens (tertiary/aromatic N) is 1. The van der Waals surface area contributed by atoms with Gasteiger partial charge in [-0.15, -0.1) is 0 Å². The Bertz CT molecular complexity index is 397. The molecule has 1 aliphatic rings. The summed E-state index contributed by atoms with van der Waals surface area (Å²) in [5.74, 6) is -2.07. The van der Waals surface area contributed by atoms with Crippen LogP contribution in [-0.2, 0) is 0 Å². The predicted molar refractivity (Wildman–Crippen MR) is 60.0 cm³/mol. The van der Waals surface area contributed by atoms with Crippen LogP contribution in [0.3, 0.4) is 0 Å². The van der Waals surface area contributed by atoms with Gasteiger partial charge in [0.25, 0.3) is 0 Å². The second-order valence-corrected chi connectivity index (χ2v) is 4.05. The molecule has 0 spiro atoms. The van der Waals surface area contributed by atoms with Crippen LogP contribution in [0.2, 0.25) is 0 Å². The summed E-state index contributed by atoms with van der Waals surface area (Å²) in [6.45, 7) is 3.11. The highest BCUT2D eigenvalue weighted by Crippen LogP contribution is 2.13. The smallest absolute Gasteiger partial charge is 0.182 e. The molecule has 0 bridgehead atoms. The molecule has 1 saturated heterocycles. The van der Waals surface area contributed by atoms with Crippen LogP contribution in [0.25, 0.3) is 0 Å². The van der Waals surface area contributed by atoms with Crippen molar-refractivity contribution in [1.29, 1.82) is 0 Å². The average Bonchev–Trinajstić information content (AvgIpc) is 2.30. The van der Waals surface area contributed by atoms with Crippen molar-refractivity contribution in [3.8, 4) is 0 Å². The number of carbonyl (C=O) groups is 1. The van der Waals surface area contributed by atoms with Crippen LogP contribution < -0.4 is 5.32 Å². The van der Waals surface area contributed by atoms with Crippen molar-refractivity contribution in [3.05, 3.63) is 35.4 Å². The Morgan fingerprint density at radius 2 is 1.82 bits per heavy atom. The summed E-state index contributed by atoms with van der Waals surface area (Å²) < 4.78 is 26.7. The van der Waals surface area contributed by atoms with Crippen LogP contribution in [0.4, 0.5) is 8.78 Å². The van der Waals surface area contributed by atoms with Crippen LogP contribution in [0.15, 0.2) is 18.2 Å². The lowest BCUT2D eigenvalue weighted by molar-refractivity contribution is 0.0913. The molecule has 0 aromatic heterocycles. The van der Waals surface area contributed by atoms with Crippen LogP contribution in [0, 0.1) is 11.6 Å². The summed E-state index contributed by atoms with van der Waals surface area (Å²) in [6, 6.07) is 3.47. The molecule has 3 nitrogen and oxygen atoms in total. The van der Waals surface area contributed by atoms with Gasteiger partial charge in [-0.25, -0.2) is 8.78 Å². The van der Waals surface area contributed by atoms with Gasteiger partial charge in [0.2, 0.25) is 0 Å². The number of halogens is 2. The molecule has 0 amide bonds. The Morgan fingerprint density at radius 3 is 2.41 bits per heavy atom. The Labute approximate surface area is 98.4 Å². The van der Waals surface area contributed by atoms with Crippen molar-refractivity contribution in [3.63, 3.8) is 0 Å². The largest absolute Gasteiger partial charge is 0.314 e. The number of nitrogens with one attached hydrogen (secondary N) is 1. The monoisotopic (exact) mass is 240 g/mol. The highest BCUT2D eigenvalue weighted by Gasteiger charge is 2.20. The van der Waals surface area contributed by atoms with E-state index >= 15 is 0 Å². The maximum absolute atomic E-state index is 13.4. The third-order valence-corrected chi connectivity index (χ3v) is 2.82. The maximum Gasteiger partial charge on any atom is 0.182 e. The van der Waals surface area contributed by atoms with E-state index in [9.17, 15) is 13.6 Å². The fourth-order valence-electron chi connectivity index (χ4n) is 1.92. The molecule has 5 heteroatoms. The Hall–Kier alpha value is -1.33. The molecule has 92 valence electrons. The minimum atomic E-state index is -0.787. The molecular formula is C12H14F2N2O. The molecule has 0 atom stereocenters. The highest BCUT2D eigenvalue weighted by atomic mass is 19.1. The zero-order chi connectivity index (χ0) is 12.3. The van der Waals surface area contributed by atoms with Gasteiger partial charge in [-0.1, -0.05) is 6.07 Å². The van der Waals surface area contributed by atoms with E-state index in [-0.39, 0.29) is 6.54 Å². The molecule has 1 aliphatic heterocycles. The molecule has 0 radical (unpaired) electrons. The topological polar surface area (TPSA) is 32.3 Å². The summed E-state index contributed by atoms with van der Waals surface area (Å²) in [5.41, 5.74) is -0.425. The maximum atomic E-state index is 13.4. The summed E-state index contributed by atoms with van der Waals surface area (Å²) in [7, 11) is 0. The minimum Gasteiger partial charge on any atom is -0.314 e. The van der Waals surface area contributed by atoms with E-state index in [0.29, 0.717) is 0 Å². The summed E-state index contributed by atoms with van der Waals surface area (Å²) in [6.07, 6.45) is 0. The van der Waals surface area contributed by atoms with Crippen LogP contribution in [0.5, 0.6) is 0 Å². The van der Waals surface area contributed by atoms with E-state index in [4.69, 9.17) is 0 Å². The van der Waals surface area contributed by atoms with Gasteiger partial charge in [-0.2, -0.15) is 0 Å². The van der Waals surface area contributed by atoms with Crippen LogP contribution in [-0.4, -0.2) is 43.4 Å². The normalized spacial score (nSPS) is 17.1. The minimum absolute atomic E-state index is 0.0690. The van der Waals surface area contributed by atoms with Crippen molar-refractivity contribution < 1.29 is 13.6 Å². The van der Waals surface area contributed by atoms with E-state index in [0.717, 1.165) is 38.3 Å². The molecule has 1 heterocycles. The quantitative estimate of drug-likeness (QED) is 0.802. The predicted octanol–water partition coefficient (Wildman–Crippen LogP) is 1.05. The number of carbonyl (C=O) groups excluding carboxylic acids is 1. The van der Waals surface area contributed by atoms with Gasteiger partial charge in [-0.05, 0) is 12.1 Å². The summed E-state index contributed by atoms with van der Waals surface area (Å²) in [4.78, 5) is 13.7. The first-order valence-electron chi connectivity index (χ1n) is 5.59. The number of rotatable bonds is 3. The molecule has 17 heavy (non-hydrogen) atoms. The lowest BCUT2D eigenvalue weighted by Crippen LogP contribution is -2.45. The molecule has 1 N–H and O–H groups in total. The first-order valence-corrected chi connectivity index (χ1v) is 5.59. The van der Waals surface area contributed by atoms with E-state index in [1.165, 1.54) is 6.07 Å². The zero-order valence-electron chi connectivity index (χ0n) is 9.38. The van der Waals surface area contributed by atoms with Crippen LogP contribution >= 0.6 is 0 Å². The van der Waals surface area contributed by atoms with Crippen molar-refractivity contribution in [2.24, 2.45) is 0 Å². The lowest BCUT2D eigenvalue weighted by atomic mass is 10.1. The molecule has 2 rings (SSSR count). The second kappa shape index (κ2) is 5.33. The summed E-state index contributed by atoms with van der Waals surface area (Å²) >= 11 is 0. The molecule has 0 saturated carbocycles. The zero-order valence-corrected chi connectivity index (χ0v) is 9.38. The Kier molecular flexibility index (Phi) is 3.81. The first kappa shape index (κ1) is 12.1. The van der Waals surface area contributed by atoms with E-state index in [1.54, 1.807) is 0 Å². The number of ketones is 1. The highest BCUT2D eigenvalue weighted by molar-refractivity contribution is 5.98. The van der Waals surface area contributed by atoms with Gasteiger partial charge in [0.1, 0.15) is 11.6 Å². The fourth-order valence-corrected chi connectivity index (χ4v) is 1.92. The second-order valence-electron chi connectivity index (χ2n) is 4.05. The molecule has 1 aromatic rings. The molecule has 0 unspecified atom stereocenters. The van der Waals surface area contributed by atoms with Crippen molar-refractivity contribution >= 4 is 5.78 Å². The van der Waals surface area contributed by atoms with Gasteiger partial charge < -0.3 is 5.32 Å². The van der Waals surface area contributed by atoms with Gasteiger partial charge in [0.05, 0.1) is 12.1 Å². The third-order valence-electron chi connectivity index (χ3n) is 2.82. The average molecular weight is 240 g/mol. The molecular weight excluding hydrogens is 226 g/mol. The SMILES string of the molecule is O=C(CN1CCNCC1)c1c(F)cccc1F. The first-order chi connectivity index (χ1) is 8.18. The van der Waals surface area contributed by atoms with Crippen LogP contribution in [0.1, 0.15) is 10.4 Å². The Morgan fingerprint density at radius 1 is 1.24 bits per heavy atom. The van der Waals surface area contributed by atoms with Gasteiger partial charge in [-0.3, -0.25) is 9.69 Å². The summed E-state index contributed by atoms with van der Waals surface area (Å²) in [5, 5.41) is 3.15. The van der Waals surface area contributed by atoms with Crippen molar-refractivity contribution in [2.75, 3.05) is 32.7 Å². The number of hydrogen-bond acceptors (Lipinski definition) is 3. The van der Waals surface area contributed by atoms with Crippen molar-refractivity contribution in [1.82, 2.24) is 10.2 Å². The Balaban J connectivity index is 2.08.